The van der Waals surface area contributed by atoms with E-state index in [0.29, 0.717) is 17.8 Å². The molecule has 1 saturated carbocycles. The average molecular weight is 586 g/mol. The minimum Gasteiger partial charge on any atom is -0.481 e. The maximum atomic E-state index is 13.3. The smallest absolute Gasteiger partial charge is 0.306 e. The van der Waals surface area contributed by atoms with E-state index in [9.17, 15) is 24.3 Å². The Hall–Kier alpha value is -3.27. The van der Waals surface area contributed by atoms with Gasteiger partial charge in [-0.3, -0.25) is 19.2 Å². The van der Waals surface area contributed by atoms with Gasteiger partial charge in [0.2, 0.25) is 5.91 Å². The third-order valence-corrected chi connectivity index (χ3v) is 8.77. The van der Waals surface area contributed by atoms with E-state index in [2.05, 4.69) is 10.3 Å². The van der Waals surface area contributed by atoms with Gasteiger partial charge in [-0.25, -0.2) is 4.98 Å². The number of rotatable bonds is 14. The van der Waals surface area contributed by atoms with E-state index >= 15 is 0 Å². The minimum absolute atomic E-state index is 0.0382. The van der Waals surface area contributed by atoms with Crippen LogP contribution >= 0.6 is 11.3 Å². The zero-order valence-corrected chi connectivity index (χ0v) is 25.5. The molecule has 224 valence electrons. The number of aromatic nitrogens is 1. The summed E-state index contributed by atoms with van der Waals surface area (Å²) in [5, 5.41) is 14.5. The highest BCUT2D eigenvalue weighted by atomic mass is 32.1. The molecule has 0 aliphatic heterocycles. The van der Waals surface area contributed by atoms with Gasteiger partial charge >= 0.3 is 11.9 Å². The topological polar surface area (TPSA) is 126 Å². The van der Waals surface area contributed by atoms with Crippen LogP contribution in [-0.4, -0.2) is 57.9 Å². The second-order valence-corrected chi connectivity index (χ2v) is 12.4. The number of carboxylic acids is 1. The third-order valence-electron chi connectivity index (χ3n) is 7.83. The molecule has 9 nitrogen and oxygen atoms in total. The summed E-state index contributed by atoms with van der Waals surface area (Å²) < 4.78 is 5.68. The molecule has 3 unspecified atom stereocenters. The number of carbonyl (C=O) groups is 4. The third kappa shape index (κ3) is 9.38. The lowest BCUT2D eigenvalue weighted by Gasteiger charge is -2.35. The molecule has 2 N–H and O–H groups in total. The molecule has 41 heavy (non-hydrogen) atoms. The van der Waals surface area contributed by atoms with Crippen molar-refractivity contribution in [2.75, 3.05) is 7.05 Å². The molecule has 1 heterocycles. The molecule has 1 aliphatic rings. The molecule has 10 heteroatoms. The number of carboxylic acid groups (broad SMARTS) is 1. The number of nitrogens with one attached hydrogen (secondary N) is 1. The molecule has 0 bridgehead atoms. The minimum atomic E-state index is -0.923. The van der Waals surface area contributed by atoms with E-state index in [-0.39, 0.29) is 35.9 Å². The molecule has 0 saturated heterocycles. The van der Waals surface area contributed by atoms with Gasteiger partial charge < -0.3 is 20.1 Å². The van der Waals surface area contributed by atoms with Gasteiger partial charge in [0, 0.05) is 43.8 Å². The number of thiazole rings is 1. The van der Waals surface area contributed by atoms with Crippen LogP contribution < -0.4 is 5.32 Å². The fraction of sp³-hybridized carbons (Fsp3) is 0.581. The zero-order valence-electron chi connectivity index (χ0n) is 24.7. The van der Waals surface area contributed by atoms with Crippen molar-refractivity contribution in [1.29, 1.82) is 0 Å². The zero-order chi connectivity index (χ0) is 30.1. The summed E-state index contributed by atoms with van der Waals surface area (Å²) in [6.07, 6.45) is 4.35. The molecule has 0 spiro atoms. The Labute approximate surface area is 246 Å². The van der Waals surface area contributed by atoms with Gasteiger partial charge in [0.1, 0.15) is 10.7 Å². The maximum Gasteiger partial charge on any atom is 0.306 e. The number of aliphatic carboxylic acids is 1. The summed E-state index contributed by atoms with van der Waals surface area (Å²) in [5.74, 6) is -2.16. The van der Waals surface area contributed by atoms with Gasteiger partial charge in [-0.15, -0.1) is 11.3 Å². The molecule has 2 aromatic rings. The summed E-state index contributed by atoms with van der Waals surface area (Å²) in [4.78, 5) is 56.4. The van der Waals surface area contributed by atoms with Crippen LogP contribution in [0.15, 0.2) is 35.7 Å². The average Bonchev–Trinajstić information content (AvgIpc) is 3.63. The van der Waals surface area contributed by atoms with Crippen molar-refractivity contribution >= 4 is 35.1 Å². The van der Waals surface area contributed by atoms with Crippen LogP contribution in [0.25, 0.3) is 0 Å². The predicted molar refractivity (Wildman–Crippen MR) is 157 cm³/mol. The van der Waals surface area contributed by atoms with Crippen LogP contribution in [0.4, 0.5) is 0 Å². The Morgan fingerprint density at radius 3 is 2.34 bits per heavy atom. The van der Waals surface area contributed by atoms with Gasteiger partial charge in [-0.2, -0.15) is 0 Å². The van der Waals surface area contributed by atoms with E-state index < -0.39 is 35.9 Å². The normalized spacial score (nSPS) is 16.5. The van der Waals surface area contributed by atoms with Crippen LogP contribution in [0, 0.1) is 17.8 Å². The Morgan fingerprint density at radius 1 is 1.10 bits per heavy atom. The van der Waals surface area contributed by atoms with Gasteiger partial charge in [0.15, 0.2) is 6.10 Å². The van der Waals surface area contributed by atoms with Crippen LogP contribution in [0.1, 0.15) is 93.4 Å². The predicted octanol–water partition coefficient (Wildman–Crippen LogP) is 5.26. The SMILES string of the molecule is CC(=O)O[C@H](CC(C(C)C)N(C)C(=O)C1CCCC1)c1nc(C(=O)NC(Cc2ccccc2)CC(C)C(=O)O)cs1. The summed E-state index contributed by atoms with van der Waals surface area (Å²) in [5.41, 5.74) is 1.17. The van der Waals surface area contributed by atoms with Crippen LogP contribution in [-0.2, 0) is 25.5 Å². The van der Waals surface area contributed by atoms with E-state index in [1.807, 2.05) is 51.2 Å². The maximum absolute atomic E-state index is 13.3. The van der Waals surface area contributed by atoms with E-state index in [4.69, 9.17) is 4.74 Å². The summed E-state index contributed by atoms with van der Waals surface area (Å²) >= 11 is 1.23. The van der Waals surface area contributed by atoms with Crippen molar-refractivity contribution in [2.45, 2.75) is 90.8 Å². The molecule has 1 fully saturated rings. The first kappa shape index (κ1) is 32.2. The highest BCUT2D eigenvalue weighted by molar-refractivity contribution is 7.09. The highest BCUT2D eigenvalue weighted by Gasteiger charge is 2.34. The number of amides is 2. The number of nitrogens with zero attached hydrogens (tertiary/aromatic N) is 2. The first-order valence-corrected chi connectivity index (χ1v) is 15.3. The van der Waals surface area contributed by atoms with Crippen molar-refractivity contribution in [2.24, 2.45) is 17.8 Å². The Bertz CT molecular complexity index is 1180. The number of carbonyl (C=O) groups excluding carboxylic acids is 3. The van der Waals surface area contributed by atoms with Gasteiger partial charge in [0.05, 0.1) is 5.92 Å². The Morgan fingerprint density at radius 2 is 1.76 bits per heavy atom. The second kappa shape index (κ2) is 15.1. The molecule has 4 atom stereocenters. The molecule has 1 aromatic carbocycles. The van der Waals surface area contributed by atoms with Crippen LogP contribution in [0.3, 0.4) is 0 Å². The van der Waals surface area contributed by atoms with Crippen molar-refractivity contribution in [1.82, 2.24) is 15.2 Å². The lowest BCUT2D eigenvalue weighted by atomic mass is 9.94. The number of hydrogen-bond donors (Lipinski definition) is 2. The van der Waals surface area contributed by atoms with E-state index in [1.54, 1.807) is 17.2 Å². The number of esters is 1. The lowest BCUT2D eigenvalue weighted by Crippen LogP contribution is -2.44. The first-order chi connectivity index (χ1) is 19.5. The molecule has 2 amide bonds. The summed E-state index contributed by atoms with van der Waals surface area (Å²) in [6, 6.07) is 9.00. The number of ether oxygens (including phenoxy) is 1. The molecule has 1 aliphatic carbocycles. The first-order valence-electron chi connectivity index (χ1n) is 14.4. The van der Waals surface area contributed by atoms with Crippen molar-refractivity contribution in [3.05, 3.63) is 52.0 Å². The van der Waals surface area contributed by atoms with Gasteiger partial charge in [-0.05, 0) is 37.2 Å². The fourth-order valence-electron chi connectivity index (χ4n) is 5.54. The number of hydrogen-bond acceptors (Lipinski definition) is 7. The van der Waals surface area contributed by atoms with Crippen molar-refractivity contribution < 1.29 is 29.0 Å². The van der Waals surface area contributed by atoms with Crippen LogP contribution in [0.5, 0.6) is 0 Å². The Balaban J connectivity index is 1.77. The standard InChI is InChI=1S/C31H43N3O6S/c1-19(2)26(34(5)30(37)23-13-9-10-14-23)17-27(40-21(4)35)29-33-25(18-41-29)28(36)32-24(15-20(3)31(38)39)16-22-11-7-6-8-12-22/h6-8,11-12,18-20,23-24,26-27H,9-10,13-17H2,1-5H3,(H,32,36)(H,38,39)/t20?,24?,26?,27-/m1/s1. The molecule has 1 aromatic heterocycles. The van der Waals surface area contributed by atoms with Crippen LogP contribution in [0.2, 0.25) is 0 Å². The monoisotopic (exact) mass is 585 g/mol. The molecular formula is C31H43N3O6S. The second-order valence-electron chi connectivity index (χ2n) is 11.5. The number of benzene rings is 1. The summed E-state index contributed by atoms with van der Waals surface area (Å²) in [6.45, 7) is 7.04. The molecule has 3 rings (SSSR count). The highest BCUT2D eigenvalue weighted by Crippen LogP contribution is 2.33. The summed E-state index contributed by atoms with van der Waals surface area (Å²) in [7, 11) is 1.82. The quantitative estimate of drug-likeness (QED) is 0.290. The van der Waals surface area contributed by atoms with E-state index in [1.165, 1.54) is 18.3 Å². The molecule has 0 radical (unpaired) electrons. The van der Waals surface area contributed by atoms with Crippen molar-refractivity contribution in [3.63, 3.8) is 0 Å². The molecular weight excluding hydrogens is 542 g/mol. The lowest BCUT2D eigenvalue weighted by molar-refractivity contribution is -0.149. The van der Waals surface area contributed by atoms with Gasteiger partial charge in [0.25, 0.3) is 5.91 Å². The van der Waals surface area contributed by atoms with E-state index in [0.717, 1.165) is 31.2 Å². The largest absolute Gasteiger partial charge is 0.481 e. The van der Waals surface area contributed by atoms with Crippen molar-refractivity contribution in [3.8, 4) is 0 Å². The fourth-order valence-corrected chi connectivity index (χ4v) is 6.38. The Kier molecular flexibility index (Phi) is 11.9. The van der Waals surface area contributed by atoms with Gasteiger partial charge in [-0.1, -0.05) is 63.9 Å².